The molecular formula is C35H60ClN3O5S. The molecule has 0 spiro atoms. The molecule has 0 aliphatic carbocycles. The van der Waals surface area contributed by atoms with Gasteiger partial charge in [-0.1, -0.05) is 109 Å². The Morgan fingerprint density at radius 1 is 0.822 bits per heavy atom. The monoisotopic (exact) mass is 669 g/mol. The number of carbonyl (C=O) groups is 3. The van der Waals surface area contributed by atoms with Gasteiger partial charge in [0.05, 0.1) is 0 Å². The normalized spacial score (nSPS) is 15.4. The van der Waals surface area contributed by atoms with E-state index in [1.165, 1.54) is 96.8 Å². The van der Waals surface area contributed by atoms with Crippen LogP contribution in [0.15, 0.2) is 24.4 Å². The van der Waals surface area contributed by atoms with Crippen LogP contribution in [0.3, 0.4) is 0 Å². The molecule has 10 heteroatoms. The molecule has 258 valence electrons. The van der Waals surface area contributed by atoms with Crippen molar-refractivity contribution in [3.63, 3.8) is 0 Å². The standard InChI is InChI=1S/C35H59N3O5S.ClH/c1-4-6-7-8-9-10-11-12-13-14-15-16-17-18-19-21-24-36-34(40)42-28-32-26-33(44-32)29-43-35(41)38(30(3)39)27-31-23-20-22-25-37(31)5-2;/h20,22-23,25,32-33H,4-19,21,24,26-29H2,1-3H3;1H/t32-,33-;/m0./s1. The van der Waals surface area contributed by atoms with E-state index in [-0.39, 0.29) is 48.1 Å². The predicted octanol–water partition coefficient (Wildman–Crippen LogP) is 5.34. The van der Waals surface area contributed by atoms with Gasteiger partial charge in [0.25, 0.3) is 0 Å². The van der Waals surface area contributed by atoms with Crippen LogP contribution in [-0.4, -0.2) is 53.3 Å². The minimum absolute atomic E-state index is 0. The van der Waals surface area contributed by atoms with E-state index in [2.05, 4.69) is 12.2 Å². The molecule has 1 N–H and O–H groups in total. The van der Waals surface area contributed by atoms with Crippen molar-refractivity contribution in [1.29, 1.82) is 0 Å². The molecule has 2 heterocycles. The summed E-state index contributed by atoms with van der Waals surface area (Å²) in [5.41, 5.74) is 0.866. The molecule has 0 bridgehead atoms. The molecule has 8 nitrogen and oxygen atoms in total. The van der Waals surface area contributed by atoms with Crippen molar-refractivity contribution in [2.45, 2.75) is 154 Å². The maximum absolute atomic E-state index is 12.6. The van der Waals surface area contributed by atoms with Gasteiger partial charge < -0.3 is 27.2 Å². The number of alkyl carbamates (subject to hydrolysis) is 1. The van der Waals surface area contributed by atoms with E-state index in [0.29, 0.717) is 13.2 Å². The number of pyridine rings is 1. The Morgan fingerprint density at radius 3 is 1.84 bits per heavy atom. The average molecular weight is 670 g/mol. The minimum atomic E-state index is -0.627. The zero-order valence-corrected chi connectivity index (χ0v) is 29.8. The maximum Gasteiger partial charge on any atom is 0.417 e. The Labute approximate surface area is 283 Å². The number of rotatable bonds is 24. The van der Waals surface area contributed by atoms with E-state index in [1.807, 2.05) is 35.9 Å². The van der Waals surface area contributed by atoms with Crippen LogP contribution >= 0.6 is 11.8 Å². The number of imide groups is 1. The molecule has 2 atom stereocenters. The molecule has 0 radical (unpaired) electrons. The predicted molar refractivity (Wildman–Crippen MR) is 179 cm³/mol. The topological polar surface area (TPSA) is 88.8 Å². The average Bonchev–Trinajstić information content (AvgIpc) is 3.00. The molecule has 1 aliphatic rings. The lowest BCUT2D eigenvalue weighted by molar-refractivity contribution is -0.701. The second-order valence-electron chi connectivity index (χ2n) is 12.1. The summed E-state index contributed by atoms with van der Waals surface area (Å²) in [5, 5.41) is 3.21. The van der Waals surface area contributed by atoms with Crippen molar-refractivity contribution in [2.24, 2.45) is 0 Å². The third kappa shape index (κ3) is 18.7. The van der Waals surface area contributed by atoms with Gasteiger partial charge in [0, 0.05) is 36.1 Å². The van der Waals surface area contributed by atoms with Gasteiger partial charge in [-0.25, -0.2) is 19.1 Å². The van der Waals surface area contributed by atoms with Crippen LogP contribution in [0.25, 0.3) is 0 Å². The summed E-state index contributed by atoms with van der Waals surface area (Å²) >= 11 is 1.65. The van der Waals surface area contributed by atoms with E-state index in [9.17, 15) is 14.4 Å². The summed E-state index contributed by atoms with van der Waals surface area (Å²) in [6, 6.07) is 5.71. The third-order valence-electron chi connectivity index (χ3n) is 8.30. The van der Waals surface area contributed by atoms with Crippen molar-refractivity contribution in [1.82, 2.24) is 10.2 Å². The Balaban J connectivity index is 0.0000101. The smallest absolute Gasteiger partial charge is 0.417 e. The summed E-state index contributed by atoms with van der Waals surface area (Å²) in [4.78, 5) is 37.9. The molecule has 1 aromatic heterocycles. The fraction of sp³-hybridized carbons (Fsp3) is 0.771. The van der Waals surface area contributed by atoms with Crippen LogP contribution in [0.2, 0.25) is 0 Å². The zero-order chi connectivity index (χ0) is 31.8. The summed E-state index contributed by atoms with van der Waals surface area (Å²) < 4.78 is 12.8. The lowest BCUT2D eigenvalue weighted by Gasteiger charge is -2.34. The summed E-state index contributed by atoms with van der Waals surface area (Å²) in [7, 11) is 0. The van der Waals surface area contributed by atoms with Gasteiger partial charge in [-0.15, -0.1) is 11.8 Å². The number of nitrogens with one attached hydrogen (secondary N) is 1. The number of unbranched alkanes of at least 4 members (excludes halogenated alkanes) is 15. The van der Waals surface area contributed by atoms with Crippen molar-refractivity contribution in [3.8, 4) is 0 Å². The van der Waals surface area contributed by atoms with Crippen LogP contribution in [0.1, 0.15) is 136 Å². The van der Waals surface area contributed by atoms with Gasteiger partial charge in [0.2, 0.25) is 11.6 Å². The first kappa shape index (κ1) is 41.0. The highest BCUT2D eigenvalue weighted by Gasteiger charge is 2.33. The lowest BCUT2D eigenvalue weighted by Crippen LogP contribution is -3.00. The molecular weight excluding hydrogens is 610 g/mol. The Kier molecular flexibility index (Phi) is 23.8. The highest BCUT2D eigenvalue weighted by molar-refractivity contribution is 8.01. The first-order chi connectivity index (χ1) is 21.4. The molecule has 0 aromatic carbocycles. The first-order valence-electron chi connectivity index (χ1n) is 17.4. The molecule has 1 fully saturated rings. The molecule has 3 amide bonds. The van der Waals surface area contributed by atoms with E-state index < -0.39 is 6.09 Å². The van der Waals surface area contributed by atoms with Crippen LogP contribution in [0.5, 0.6) is 0 Å². The number of halogens is 1. The molecule has 1 aromatic rings. The third-order valence-corrected chi connectivity index (χ3v) is 9.73. The number of carbonyl (C=O) groups excluding carboxylic acids is 3. The molecule has 2 rings (SSSR count). The molecule has 1 saturated heterocycles. The molecule has 45 heavy (non-hydrogen) atoms. The highest BCUT2D eigenvalue weighted by Crippen LogP contribution is 2.37. The van der Waals surface area contributed by atoms with Crippen molar-refractivity contribution >= 4 is 29.9 Å². The van der Waals surface area contributed by atoms with Crippen molar-refractivity contribution in [3.05, 3.63) is 30.1 Å². The first-order valence-corrected chi connectivity index (χ1v) is 18.4. The summed E-state index contributed by atoms with van der Waals surface area (Å²) in [5.74, 6) is -0.348. The van der Waals surface area contributed by atoms with E-state index in [0.717, 1.165) is 36.4 Å². The summed E-state index contributed by atoms with van der Waals surface area (Å²) in [6.07, 6.45) is 23.1. The fourth-order valence-electron chi connectivity index (χ4n) is 5.52. The Bertz CT molecular complexity index is 948. The van der Waals surface area contributed by atoms with Crippen molar-refractivity contribution < 1.29 is 40.8 Å². The van der Waals surface area contributed by atoms with Crippen LogP contribution in [-0.2, 0) is 27.4 Å². The van der Waals surface area contributed by atoms with Gasteiger partial charge in [-0.05, 0) is 19.8 Å². The van der Waals surface area contributed by atoms with Gasteiger partial charge in [0.15, 0.2) is 6.20 Å². The number of thioether (sulfide) groups is 1. The second kappa shape index (κ2) is 26.1. The number of aryl methyl sites for hydroxylation is 1. The van der Waals surface area contributed by atoms with Gasteiger partial charge in [-0.3, -0.25) is 4.79 Å². The number of hydrogen-bond acceptors (Lipinski definition) is 6. The lowest BCUT2D eigenvalue weighted by atomic mass is 10.0. The summed E-state index contributed by atoms with van der Waals surface area (Å²) in [6.45, 7) is 7.82. The largest absolute Gasteiger partial charge is 1.00 e. The van der Waals surface area contributed by atoms with Crippen LogP contribution in [0, 0.1) is 0 Å². The Hall–Kier alpha value is -2.00. The van der Waals surface area contributed by atoms with E-state index in [1.54, 1.807) is 11.8 Å². The van der Waals surface area contributed by atoms with Crippen LogP contribution in [0.4, 0.5) is 9.59 Å². The molecule has 0 saturated carbocycles. The second-order valence-corrected chi connectivity index (χ2v) is 13.7. The molecule has 0 unspecified atom stereocenters. The van der Waals surface area contributed by atoms with Gasteiger partial charge >= 0.3 is 12.2 Å². The SMILES string of the molecule is CCCCCCCCCCCCCCCCCCNC(=O)OC[C@@H]1C[C@@H](COC(=O)N(Cc2cccc[n+]2CC)C(C)=O)S1.[Cl-]. The maximum atomic E-state index is 12.6. The van der Waals surface area contributed by atoms with Crippen LogP contribution < -0.4 is 22.3 Å². The highest BCUT2D eigenvalue weighted by atomic mass is 35.5. The number of aromatic nitrogens is 1. The quantitative estimate of drug-likeness (QED) is 0.118. The van der Waals surface area contributed by atoms with Gasteiger partial charge in [0.1, 0.15) is 26.3 Å². The number of amides is 3. The Morgan fingerprint density at radius 2 is 1.33 bits per heavy atom. The number of hydrogen-bond donors (Lipinski definition) is 1. The molecule has 1 aliphatic heterocycles. The number of ether oxygens (including phenoxy) is 2. The van der Waals surface area contributed by atoms with E-state index >= 15 is 0 Å². The fourth-order valence-corrected chi connectivity index (χ4v) is 6.69. The van der Waals surface area contributed by atoms with Crippen molar-refractivity contribution in [2.75, 3.05) is 19.8 Å². The number of nitrogens with zero attached hydrogens (tertiary/aromatic N) is 2. The van der Waals surface area contributed by atoms with E-state index in [4.69, 9.17) is 9.47 Å². The minimum Gasteiger partial charge on any atom is -1.00 e. The van der Waals surface area contributed by atoms with Gasteiger partial charge in [-0.2, -0.15) is 0 Å². The zero-order valence-electron chi connectivity index (χ0n) is 28.2.